The Bertz CT molecular complexity index is 920. The maximum atomic E-state index is 12.5. The van der Waals surface area contributed by atoms with Crippen LogP contribution in [0.25, 0.3) is 6.08 Å². The maximum Gasteiger partial charge on any atom is 0.273 e. The normalized spacial score (nSPS) is 10.9. The highest BCUT2D eigenvalue weighted by Gasteiger charge is 2.15. The minimum Gasteiger partial charge on any atom is -0.321 e. The number of hydrogen-bond acceptors (Lipinski definition) is 4. The highest BCUT2D eigenvalue weighted by molar-refractivity contribution is 6.10. The van der Waals surface area contributed by atoms with Gasteiger partial charge in [-0.3, -0.25) is 14.9 Å². The summed E-state index contributed by atoms with van der Waals surface area (Å²) in [5.74, 6) is -0.549. The number of nitro groups is 1. The lowest BCUT2D eigenvalue weighted by molar-refractivity contribution is -0.385. The Kier molecular flexibility index (Phi) is 5.86. The van der Waals surface area contributed by atoms with Gasteiger partial charge in [-0.2, -0.15) is 5.26 Å². The molecule has 0 fully saturated rings. The first kappa shape index (κ1) is 18.9. The molecule has 0 atom stereocenters. The van der Waals surface area contributed by atoms with Crippen molar-refractivity contribution in [1.29, 1.82) is 5.26 Å². The third-order valence-electron chi connectivity index (χ3n) is 4.08. The van der Waals surface area contributed by atoms with E-state index < -0.39 is 10.8 Å². The standard InChI is InChI=1S/C20H19N3O3/c1-4-16-9-8-15(11-18(16)23(25)26)10-17(12-21)20(24)22-19-13(2)6-5-7-14(19)3/h5-11H,4H2,1-3H3,(H,22,24)/b17-10+. The molecule has 6 heteroatoms. The zero-order valence-corrected chi connectivity index (χ0v) is 14.9. The molecule has 0 aromatic heterocycles. The molecular formula is C20H19N3O3. The molecule has 0 radical (unpaired) electrons. The quantitative estimate of drug-likeness (QED) is 0.376. The summed E-state index contributed by atoms with van der Waals surface area (Å²) >= 11 is 0. The number of benzene rings is 2. The number of nitro benzene ring substituents is 1. The molecule has 26 heavy (non-hydrogen) atoms. The van der Waals surface area contributed by atoms with Crippen molar-refractivity contribution >= 4 is 23.4 Å². The van der Waals surface area contributed by atoms with Gasteiger partial charge in [-0.25, -0.2) is 0 Å². The lowest BCUT2D eigenvalue weighted by Crippen LogP contribution is -2.15. The molecule has 0 spiro atoms. The van der Waals surface area contributed by atoms with Crippen molar-refractivity contribution in [2.45, 2.75) is 27.2 Å². The topological polar surface area (TPSA) is 96.0 Å². The third-order valence-corrected chi connectivity index (χ3v) is 4.08. The van der Waals surface area contributed by atoms with E-state index in [0.29, 0.717) is 23.2 Å². The number of nitrogens with zero attached hydrogens (tertiary/aromatic N) is 2. The monoisotopic (exact) mass is 349 g/mol. The van der Waals surface area contributed by atoms with E-state index in [1.807, 2.05) is 45.0 Å². The Morgan fingerprint density at radius 1 is 1.27 bits per heavy atom. The predicted molar refractivity (Wildman–Crippen MR) is 101 cm³/mol. The van der Waals surface area contributed by atoms with E-state index in [1.165, 1.54) is 12.1 Å². The van der Waals surface area contributed by atoms with Crippen molar-refractivity contribution < 1.29 is 9.72 Å². The van der Waals surface area contributed by atoms with Crippen LogP contribution in [0.4, 0.5) is 11.4 Å². The van der Waals surface area contributed by atoms with Crippen molar-refractivity contribution in [2.24, 2.45) is 0 Å². The van der Waals surface area contributed by atoms with Gasteiger partial charge in [0.25, 0.3) is 11.6 Å². The summed E-state index contributed by atoms with van der Waals surface area (Å²) in [5.41, 5.74) is 3.33. The number of amides is 1. The molecule has 2 aromatic rings. The number of rotatable bonds is 5. The first-order valence-electron chi connectivity index (χ1n) is 8.14. The first-order valence-corrected chi connectivity index (χ1v) is 8.14. The van der Waals surface area contributed by atoms with Crippen LogP contribution in [0, 0.1) is 35.3 Å². The highest BCUT2D eigenvalue weighted by atomic mass is 16.6. The second-order valence-electron chi connectivity index (χ2n) is 5.89. The molecule has 0 aliphatic rings. The fourth-order valence-electron chi connectivity index (χ4n) is 2.65. The molecule has 0 aliphatic heterocycles. The van der Waals surface area contributed by atoms with Crippen LogP contribution in [0.2, 0.25) is 0 Å². The Morgan fingerprint density at radius 3 is 2.46 bits per heavy atom. The van der Waals surface area contributed by atoms with Gasteiger partial charge in [0.2, 0.25) is 0 Å². The zero-order valence-electron chi connectivity index (χ0n) is 14.9. The predicted octanol–water partition coefficient (Wildman–Crippen LogP) is 4.32. The zero-order chi connectivity index (χ0) is 19.3. The Labute approximate surface area is 151 Å². The fraction of sp³-hybridized carbons (Fsp3) is 0.200. The molecule has 2 aromatic carbocycles. The van der Waals surface area contributed by atoms with Crippen LogP contribution in [-0.4, -0.2) is 10.8 Å². The van der Waals surface area contributed by atoms with Gasteiger partial charge in [0, 0.05) is 17.3 Å². The van der Waals surface area contributed by atoms with E-state index in [0.717, 1.165) is 11.1 Å². The Balaban J connectivity index is 2.36. The van der Waals surface area contributed by atoms with E-state index in [4.69, 9.17) is 0 Å². The average molecular weight is 349 g/mol. The summed E-state index contributed by atoms with van der Waals surface area (Å²) in [6.45, 7) is 5.56. The first-order chi connectivity index (χ1) is 12.4. The molecule has 0 saturated heterocycles. The third kappa shape index (κ3) is 4.14. The molecule has 2 rings (SSSR count). The molecule has 0 aliphatic carbocycles. The van der Waals surface area contributed by atoms with Gasteiger partial charge in [-0.1, -0.05) is 37.3 Å². The van der Waals surface area contributed by atoms with E-state index in [1.54, 1.807) is 12.1 Å². The Hall–Kier alpha value is -3.46. The minimum absolute atomic E-state index is 0.0197. The van der Waals surface area contributed by atoms with Crippen LogP contribution < -0.4 is 5.32 Å². The van der Waals surface area contributed by atoms with Gasteiger partial charge in [0.15, 0.2) is 0 Å². The molecular weight excluding hydrogens is 330 g/mol. The van der Waals surface area contributed by atoms with Crippen LogP contribution in [-0.2, 0) is 11.2 Å². The second kappa shape index (κ2) is 8.08. The SMILES string of the molecule is CCc1ccc(/C=C(\C#N)C(=O)Nc2c(C)cccc2C)cc1[N+](=O)[O-]. The number of nitrogens with one attached hydrogen (secondary N) is 1. The number of anilines is 1. The van der Waals surface area contributed by atoms with Gasteiger partial charge >= 0.3 is 0 Å². The molecule has 0 saturated carbocycles. The van der Waals surface area contributed by atoms with E-state index in [2.05, 4.69) is 5.32 Å². The van der Waals surface area contributed by atoms with Crippen molar-refractivity contribution in [2.75, 3.05) is 5.32 Å². The van der Waals surface area contributed by atoms with Crippen LogP contribution >= 0.6 is 0 Å². The van der Waals surface area contributed by atoms with Crippen LogP contribution in [0.15, 0.2) is 42.0 Å². The molecule has 0 bridgehead atoms. The largest absolute Gasteiger partial charge is 0.321 e. The van der Waals surface area contributed by atoms with Gasteiger partial charge in [-0.05, 0) is 43.0 Å². The molecule has 0 unspecified atom stereocenters. The van der Waals surface area contributed by atoms with Crippen LogP contribution in [0.1, 0.15) is 29.2 Å². The van der Waals surface area contributed by atoms with Crippen LogP contribution in [0.5, 0.6) is 0 Å². The summed E-state index contributed by atoms with van der Waals surface area (Å²) < 4.78 is 0. The van der Waals surface area contributed by atoms with Gasteiger partial charge in [0.05, 0.1) is 4.92 Å². The van der Waals surface area contributed by atoms with Gasteiger partial charge in [0.1, 0.15) is 11.6 Å². The molecule has 132 valence electrons. The molecule has 1 amide bonds. The van der Waals surface area contributed by atoms with Crippen LogP contribution in [0.3, 0.4) is 0 Å². The summed E-state index contributed by atoms with van der Waals surface area (Å²) in [5, 5.41) is 23.3. The molecule has 6 nitrogen and oxygen atoms in total. The van der Waals surface area contributed by atoms with Gasteiger partial charge < -0.3 is 5.32 Å². The van der Waals surface area contributed by atoms with Crippen molar-refractivity contribution in [3.05, 3.63) is 74.3 Å². The number of nitriles is 1. The number of carbonyl (C=O) groups excluding carboxylic acids is 1. The Morgan fingerprint density at radius 2 is 1.92 bits per heavy atom. The number of para-hydroxylation sites is 1. The van der Waals surface area contributed by atoms with Crippen molar-refractivity contribution in [3.63, 3.8) is 0 Å². The molecule has 0 heterocycles. The number of hydrogen-bond donors (Lipinski definition) is 1. The lowest BCUT2D eigenvalue weighted by Gasteiger charge is -2.11. The van der Waals surface area contributed by atoms with E-state index >= 15 is 0 Å². The summed E-state index contributed by atoms with van der Waals surface area (Å²) in [4.78, 5) is 23.2. The number of carbonyl (C=O) groups is 1. The van der Waals surface area contributed by atoms with E-state index in [9.17, 15) is 20.2 Å². The molecule has 1 N–H and O–H groups in total. The summed E-state index contributed by atoms with van der Waals surface area (Å²) in [7, 11) is 0. The van der Waals surface area contributed by atoms with Crippen molar-refractivity contribution in [3.8, 4) is 6.07 Å². The van der Waals surface area contributed by atoms with Crippen molar-refractivity contribution in [1.82, 2.24) is 0 Å². The fourth-order valence-corrected chi connectivity index (χ4v) is 2.65. The maximum absolute atomic E-state index is 12.5. The summed E-state index contributed by atoms with van der Waals surface area (Å²) in [6, 6.07) is 12.2. The van der Waals surface area contributed by atoms with E-state index in [-0.39, 0.29) is 11.3 Å². The second-order valence-corrected chi connectivity index (χ2v) is 5.89. The minimum atomic E-state index is -0.549. The average Bonchev–Trinajstić information content (AvgIpc) is 2.62. The summed E-state index contributed by atoms with van der Waals surface area (Å²) in [6.07, 6.45) is 1.88. The number of aryl methyl sites for hydroxylation is 3. The van der Waals surface area contributed by atoms with Gasteiger partial charge in [-0.15, -0.1) is 0 Å². The highest BCUT2D eigenvalue weighted by Crippen LogP contribution is 2.23. The smallest absolute Gasteiger partial charge is 0.273 e. The lowest BCUT2D eigenvalue weighted by atomic mass is 10.0.